The van der Waals surface area contributed by atoms with E-state index in [2.05, 4.69) is 9.98 Å². The summed E-state index contributed by atoms with van der Waals surface area (Å²) in [4.78, 5) is 38.1. The largest absolute Gasteiger partial charge is 0.339 e. The number of hydrogen-bond acceptors (Lipinski definition) is 5. The minimum absolute atomic E-state index is 0.111. The summed E-state index contributed by atoms with van der Waals surface area (Å²) in [6.45, 7) is 6.87. The molecule has 164 valence electrons. The third kappa shape index (κ3) is 4.06. The summed E-state index contributed by atoms with van der Waals surface area (Å²) < 4.78 is 2.18. The van der Waals surface area contributed by atoms with Gasteiger partial charge in [0.1, 0.15) is 0 Å². The SMILES string of the molecule is CCN(CC)C(=O)C1=C(C)N=c2s/c(=C/c3ccncc3)c(=O)n2[C@H]1c1ccc(Cl)cc1. The number of carbonyl (C=O) groups is 1. The first-order valence-corrected chi connectivity index (χ1v) is 11.6. The number of thiazole rings is 1. The number of hydrogen-bond donors (Lipinski definition) is 0. The molecule has 4 rings (SSSR count). The Kier molecular flexibility index (Phi) is 6.39. The molecule has 32 heavy (non-hydrogen) atoms. The first-order valence-electron chi connectivity index (χ1n) is 10.4. The number of fused-ring (bicyclic) bond motifs is 1. The van der Waals surface area contributed by atoms with E-state index in [1.807, 2.05) is 51.1 Å². The molecule has 8 heteroatoms. The maximum Gasteiger partial charge on any atom is 0.271 e. The number of likely N-dealkylation sites (N-methyl/N-ethyl adjacent to an activating group) is 1. The molecule has 0 aliphatic carbocycles. The minimum atomic E-state index is -0.573. The first-order chi connectivity index (χ1) is 15.4. The van der Waals surface area contributed by atoms with E-state index in [-0.39, 0.29) is 11.5 Å². The molecule has 3 heterocycles. The highest BCUT2D eigenvalue weighted by atomic mass is 35.5. The third-order valence-corrected chi connectivity index (χ3v) is 6.73. The van der Waals surface area contributed by atoms with E-state index >= 15 is 0 Å². The number of carbonyl (C=O) groups excluding carboxylic acids is 1. The van der Waals surface area contributed by atoms with E-state index in [1.54, 1.807) is 34.0 Å². The van der Waals surface area contributed by atoms with Crippen LogP contribution in [0.25, 0.3) is 6.08 Å². The molecule has 0 N–H and O–H groups in total. The maximum atomic E-state index is 13.5. The highest BCUT2D eigenvalue weighted by Crippen LogP contribution is 2.31. The number of rotatable bonds is 5. The first kappa shape index (κ1) is 22.2. The molecule has 1 aliphatic heterocycles. The Morgan fingerprint density at radius 3 is 2.44 bits per heavy atom. The van der Waals surface area contributed by atoms with Crippen LogP contribution < -0.4 is 14.9 Å². The fourth-order valence-electron chi connectivity index (χ4n) is 3.85. The number of nitrogens with zero attached hydrogens (tertiary/aromatic N) is 4. The lowest BCUT2D eigenvalue weighted by Gasteiger charge is -2.29. The van der Waals surface area contributed by atoms with E-state index < -0.39 is 6.04 Å². The number of aromatic nitrogens is 2. The van der Waals surface area contributed by atoms with Crippen LogP contribution in [-0.2, 0) is 4.79 Å². The Morgan fingerprint density at radius 2 is 1.81 bits per heavy atom. The molecular weight excluding hydrogens is 444 g/mol. The van der Waals surface area contributed by atoms with Gasteiger partial charge in [-0.2, -0.15) is 0 Å². The zero-order chi connectivity index (χ0) is 22.8. The quantitative estimate of drug-likeness (QED) is 0.580. The van der Waals surface area contributed by atoms with Gasteiger partial charge in [0.05, 0.1) is 21.8 Å². The predicted molar refractivity (Wildman–Crippen MR) is 127 cm³/mol. The molecule has 0 saturated carbocycles. The molecule has 1 atom stereocenters. The van der Waals surface area contributed by atoms with Crippen molar-refractivity contribution in [3.05, 3.63) is 95.9 Å². The molecule has 1 aromatic carbocycles. The molecule has 0 spiro atoms. The van der Waals surface area contributed by atoms with Crippen LogP contribution in [0.15, 0.2) is 69.8 Å². The van der Waals surface area contributed by atoms with Gasteiger partial charge in [0.25, 0.3) is 11.5 Å². The molecule has 0 radical (unpaired) electrons. The maximum absolute atomic E-state index is 13.5. The van der Waals surface area contributed by atoms with Crippen molar-refractivity contribution < 1.29 is 4.79 Å². The normalized spacial score (nSPS) is 16.0. The second-order valence-corrected chi connectivity index (χ2v) is 8.84. The molecule has 1 aliphatic rings. The summed E-state index contributed by atoms with van der Waals surface area (Å²) in [6, 6.07) is 10.4. The second kappa shape index (κ2) is 9.22. The number of pyridine rings is 1. The van der Waals surface area contributed by atoms with Crippen molar-refractivity contribution in [1.29, 1.82) is 0 Å². The van der Waals surface area contributed by atoms with Crippen LogP contribution in [-0.4, -0.2) is 33.4 Å². The van der Waals surface area contributed by atoms with Crippen molar-refractivity contribution in [2.75, 3.05) is 13.1 Å². The van der Waals surface area contributed by atoms with Crippen LogP contribution in [0, 0.1) is 0 Å². The standard InChI is InChI=1S/C24H23ClN4O2S/c1-4-28(5-2)23(31)20-15(3)27-24-29(21(20)17-6-8-18(25)9-7-17)22(30)19(32-24)14-16-10-12-26-13-11-16/h6-14,21H,4-5H2,1-3H3/b19-14+/t21-/m0/s1. The van der Waals surface area contributed by atoms with Crippen LogP contribution in [0.2, 0.25) is 5.02 Å². The molecule has 6 nitrogen and oxygen atoms in total. The summed E-state index contributed by atoms with van der Waals surface area (Å²) in [5.74, 6) is -0.111. The van der Waals surface area contributed by atoms with Gasteiger partial charge in [0.2, 0.25) is 0 Å². The Labute approximate surface area is 194 Å². The van der Waals surface area contributed by atoms with Gasteiger partial charge in [-0.15, -0.1) is 0 Å². The molecule has 3 aromatic rings. The van der Waals surface area contributed by atoms with Crippen LogP contribution in [0.5, 0.6) is 0 Å². The fourth-order valence-corrected chi connectivity index (χ4v) is 5.02. The van der Waals surface area contributed by atoms with Gasteiger partial charge < -0.3 is 4.90 Å². The summed E-state index contributed by atoms with van der Waals surface area (Å²) in [6.07, 6.45) is 5.20. The van der Waals surface area contributed by atoms with Crippen LogP contribution >= 0.6 is 22.9 Å². The molecule has 0 unspecified atom stereocenters. The number of allylic oxidation sites excluding steroid dienone is 1. The highest BCUT2D eigenvalue weighted by molar-refractivity contribution is 7.07. The molecule has 1 amide bonds. The van der Waals surface area contributed by atoms with Gasteiger partial charge in [0.15, 0.2) is 4.80 Å². The molecule has 0 fully saturated rings. The average Bonchev–Trinajstić information content (AvgIpc) is 3.09. The van der Waals surface area contributed by atoms with Crippen molar-refractivity contribution >= 4 is 34.9 Å². The lowest BCUT2D eigenvalue weighted by atomic mass is 9.94. The van der Waals surface area contributed by atoms with Gasteiger partial charge >= 0.3 is 0 Å². The molecule has 0 saturated heterocycles. The van der Waals surface area contributed by atoms with E-state index in [1.165, 1.54) is 11.3 Å². The smallest absolute Gasteiger partial charge is 0.271 e. The Morgan fingerprint density at radius 1 is 1.16 bits per heavy atom. The number of amides is 1. The Hall–Kier alpha value is -3.03. The van der Waals surface area contributed by atoms with Gasteiger partial charge in [-0.1, -0.05) is 35.1 Å². The van der Waals surface area contributed by atoms with E-state index in [4.69, 9.17) is 11.6 Å². The van der Waals surface area contributed by atoms with Crippen molar-refractivity contribution in [2.24, 2.45) is 4.99 Å². The zero-order valence-corrected chi connectivity index (χ0v) is 19.7. The van der Waals surface area contributed by atoms with Crippen molar-refractivity contribution in [3.8, 4) is 0 Å². The summed E-state index contributed by atoms with van der Waals surface area (Å²) >= 11 is 7.44. The van der Waals surface area contributed by atoms with Crippen LogP contribution in [0.4, 0.5) is 0 Å². The van der Waals surface area contributed by atoms with Crippen molar-refractivity contribution in [2.45, 2.75) is 26.8 Å². The van der Waals surface area contributed by atoms with Gasteiger partial charge in [-0.05, 0) is 62.2 Å². The lowest BCUT2D eigenvalue weighted by Crippen LogP contribution is -2.43. The Balaban J connectivity index is 1.96. The highest BCUT2D eigenvalue weighted by Gasteiger charge is 2.34. The summed E-state index contributed by atoms with van der Waals surface area (Å²) in [7, 11) is 0. The summed E-state index contributed by atoms with van der Waals surface area (Å²) in [5, 5.41) is 0.594. The predicted octanol–water partition coefficient (Wildman–Crippen LogP) is 3.15. The second-order valence-electron chi connectivity index (χ2n) is 7.39. The topological polar surface area (TPSA) is 67.6 Å². The zero-order valence-electron chi connectivity index (χ0n) is 18.1. The van der Waals surface area contributed by atoms with Crippen molar-refractivity contribution in [1.82, 2.24) is 14.5 Å². The number of halogens is 1. The lowest BCUT2D eigenvalue weighted by molar-refractivity contribution is -0.127. The number of benzene rings is 1. The molecule has 2 aromatic heterocycles. The minimum Gasteiger partial charge on any atom is -0.339 e. The van der Waals surface area contributed by atoms with Crippen molar-refractivity contribution in [3.63, 3.8) is 0 Å². The third-order valence-electron chi connectivity index (χ3n) is 5.49. The van der Waals surface area contributed by atoms with Gasteiger partial charge in [0, 0.05) is 30.5 Å². The summed E-state index contributed by atoms with van der Waals surface area (Å²) in [5.41, 5.74) is 2.65. The van der Waals surface area contributed by atoms with Gasteiger partial charge in [-0.3, -0.25) is 19.1 Å². The van der Waals surface area contributed by atoms with E-state index in [9.17, 15) is 9.59 Å². The molecular formula is C24H23ClN4O2S. The van der Waals surface area contributed by atoms with Crippen LogP contribution in [0.3, 0.4) is 0 Å². The fraction of sp³-hybridized carbons (Fsp3) is 0.250. The average molecular weight is 467 g/mol. The Bertz CT molecular complexity index is 1350. The van der Waals surface area contributed by atoms with E-state index in [0.717, 1.165) is 11.1 Å². The van der Waals surface area contributed by atoms with E-state index in [0.29, 0.717) is 38.7 Å². The van der Waals surface area contributed by atoms with Gasteiger partial charge in [-0.25, -0.2) is 4.99 Å². The van der Waals surface area contributed by atoms with Crippen LogP contribution in [0.1, 0.15) is 37.9 Å². The monoisotopic (exact) mass is 466 g/mol. The molecule has 0 bridgehead atoms.